The maximum Gasteiger partial charge on any atom is 0.248 e. The molecule has 1 aromatic carbocycles. The predicted molar refractivity (Wildman–Crippen MR) is 84.0 cm³/mol. The van der Waals surface area contributed by atoms with Crippen molar-refractivity contribution >= 4 is 5.91 Å². The lowest BCUT2D eigenvalue weighted by Crippen LogP contribution is -2.45. The van der Waals surface area contributed by atoms with E-state index in [-0.39, 0.29) is 5.91 Å². The van der Waals surface area contributed by atoms with Gasteiger partial charge in [0.1, 0.15) is 0 Å². The quantitative estimate of drug-likeness (QED) is 0.890. The largest absolute Gasteiger partial charge is 0.366 e. The Balaban J connectivity index is 1.54. The molecule has 0 aliphatic carbocycles. The zero-order valence-electron chi connectivity index (χ0n) is 12.6. The Morgan fingerprint density at radius 2 is 1.71 bits per heavy atom. The minimum atomic E-state index is -0.354. The molecule has 2 aliphatic rings. The summed E-state index contributed by atoms with van der Waals surface area (Å²) in [6.07, 6.45) is 5.34. The molecule has 114 valence electrons. The van der Waals surface area contributed by atoms with Crippen LogP contribution in [0.2, 0.25) is 0 Å². The van der Waals surface area contributed by atoms with Crippen molar-refractivity contribution in [3.8, 4) is 0 Å². The summed E-state index contributed by atoms with van der Waals surface area (Å²) in [6.45, 7) is 5.74. The number of piperidine rings is 2. The molecule has 3 rings (SSSR count). The van der Waals surface area contributed by atoms with Gasteiger partial charge in [-0.25, -0.2) is 0 Å². The molecule has 2 fully saturated rings. The number of nitrogens with two attached hydrogens (primary N) is 1. The minimum Gasteiger partial charge on any atom is -0.366 e. The summed E-state index contributed by atoms with van der Waals surface area (Å²) < 4.78 is 0. The van der Waals surface area contributed by atoms with Crippen molar-refractivity contribution in [1.82, 2.24) is 10.2 Å². The van der Waals surface area contributed by atoms with Crippen LogP contribution in [0.4, 0.5) is 0 Å². The summed E-state index contributed by atoms with van der Waals surface area (Å²) in [6, 6.07) is 7.70. The number of nitrogens with zero attached hydrogens (tertiary/aromatic N) is 1. The van der Waals surface area contributed by atoms with Crippen LogP contribution >= 0.6 is 0 Å². The third kappa shape index (κ3) is 3.44. The molecule has 4 heteroatoms. The number of carbonyl (C=O) groups is 1. The Morgan fingerprint density at radius 3 is 2.29 bits per heavy atom. The summed E-state index contributed by atoms with van der Waals surface area (Å²) >= 11 is 0. The van der Waals surface area contributed by atoms with Crippen LogP contribution in [0.3, 0.4) is 0 Å². The smallest absolute Gasteiger partial charge is 0.248 e. The van der Waals surface area contributed by atoms with Gasteiger partial charge in [0, 0.05) is 12.1 Å². The minimum absolute atomic E-state index is 0.354. The zero-order chi connectivity index (χ0) is 14.7. The van der Waals surface area contributed by atoms with Crippen molar-refractivity contribution < 1.29 is 4.79 Å². The monoisotopic (exact) mass is 287 g/mol. The van der Waals surface area contributed by atoms with Crippen LogP contribution in [-0.2, 0) is 6.54 Å². The SMILES string of the molecule is NC(=O)c1ccc(CN2CCC3(CCNCC3)CC2)cc1. The molecule has 21 heavy (non-hydrogen) atoms. The standard InChI is InChI=1S/C17H25N3O/c18-16(21)15-3-1-14(2-4-15)13-20-11-7-17(8-12-20)5-9-19-10-6-17/h1-4,19H,5-13H2,(H2,18,21). The van der Waals surface area contributed by atoms with E-state index in [1.165, 1.54) is 57.4 Å². The molecule has 0 atom stereocenters. The first-order valence-electron chi connectivity index (χ1n) is 7.99. The van der Waals surface area contributed by atoms with Crippen LogP contribution in [0, 0.1) is 5.41 Å². The van der Waals surface area contributed by atoms with E-state index in [1.807, 2.05) is 24.3 Å². The van der Waals surface area contributed by atoms with Gasteiger partial charge in [-0.3, -0.25) is 9.69 Å². The van der Waals surface area contributed by atoms with E-state index in [9.17, 15) is 4.79 Å². The van der Waals surface area contributed by atoms with Crippen molar-refractivity contribution in [2.24, 2.45) is 11.1 Å². The Labute approximate surface area is 126 Å². The third-order valence-corrected chi connectivity index (χ3v) is 5.23. The average molecular weight is 287 g/mol. The van der Waals surface area contributed by atoms with Crippen molar-refractivity contribution in [3.63, 3.8) is 0 Å². The van der Waals surface area contributed by atoms with E-state index in [0.29, 0.717) is 11.0 Å². The summed E-state index contributed by atoms with van der Waals surface area (Å²) in [5.41, 5.74) is 7.74. The Bertz CT molecular complexity index is 481. The van der Waals surface area contributed by atoms with Crippen LogP contribution in [0.15, 0.2) is 24.3 Å². The lowest BCUT2D eigenvalue weighted by Gasteiger charge is -2.44. The van der Waals surface area contributed by atoms with Gasteiger partial charge in [-0.05, 0) is 75.0 Å². The van der Waals surface area contributed by atoms with Gasteiger partial charge < -0.3 is 11.1 Å². The molecule has 3 N–H and O–H groups in total. The number of benzene rings is 1. The Kier molecular flexibility index (Phi) is 4.27. The highest BCUT2D eigenvalue weighted by Crippen LogP contribution is 2.39. The number of rotatable bonds is 3. The maximum absolute atomic E-state index is 11.1. The number of nitrogens with one attached hydrogen (secondary N) is 1. The van der Waals surface area contributed by atoms with E-state index in [2.05, 4.69) is 10.2 Å². The molecule has 0 saturated carbocycles. The molecule has 0 bridgehead atoms. The van der Waals surface area contributed by atoms with Crippen molar-refractivity contribution in [2.45, 2.75) is 32.2 Å². The molecule has 0 radical (unpaired) electrons. The average Bonchev–Trinajstić information content (AvgIpc) is 2.51. The van der Waals surface area contributed by atoms with Crippen LogP contribution in [-0.4, -0.2) is 37.0 Å². The maximum atomic E-state index is 11.1. The van der Waals surface area contributed by atoms with Crippen molar-refractivity contribution in [3.05, 3.63) is 35.4 Å². The van der Waals surface area contributed by atoms with Gasteiger partial charge in [0.2, 0.25) is 5.91 Å². The lowest BCUT2D eigenvalue weighted by atomic mass is 9.71. The fourth-order valence-electron chi connectivity index (χ4n) is 3.68. The number of primary amides is 1. The van der Waals surface area contributed by atoms with Gasteiger partial charge in [-0.1, -0.05) is 12.1 Å². The van der Waals surface area contributed by atoms with Crippen LogP contribution in [0.5, 0.6) is 0 Å². The fourth-order valence-corrected chi connectivity index (χ4v) is 3.68. The second kappa shape index (κ2) is 6.16. The van der Waals surface area contributed by atoms with E-state index < -0.39 is 0 Å². The zero-order valence-corrected chi connectivity index (χ0v) is 12.6. The number of amides is 1. The first-order valence-corrected chi connectivity index (χ1v) is 7.99. The van der Waals surface area contributed by atoms with E-state index in [0.717, 1.165) is 6.54 Å². The fraction of sp³-hybridized carbons (Fsp3) is 0.588. The summed E-state index contributed by atoms with van der Waals surface area (Å²) in [7, 11) is 0. The number of likely N-dealkylation sites (tertiary alicyclic amines) is 1. The molecule has 2 heterocycles. The molecule has 1 spiro atoms. The van der Waals surface area contributed by atoms with Gasteiger partial charge in [0.15, 0.2) is 0 Å². The van der Waals surface area contributed by atoms with E-state index >= 15 is 0 Å². The highest BCUT2D eigenvalue weighted by Gasteiger charge is 2.35. The highest BCUT2D eigenvalue weighted by molar-refractivity contribution is 5.92. The predicted octanol–water partition coefficient (Wildman–Crippen LogP) is 1.75. The first kappa shape index (κ1) is 14.5. The third-order valence-electron chi connectivity index (χ3n) is 5.23. The number of carbonyl (C=O) groups excluding carboxylic acids is 1. The molecular formula is C17H25N3O. The molecule has 2 saturated heterocycles. The van der Waals surface area contributed by atoms with Gasteiger partial charge in [-0.2, -0.15) is 0 Å². The van der Waals surface area contributed by atoms with Gasteiger partial charge in [0.25, 0.3) is 0 Å². The number of hydrogen-bond acceptors (Lipinski definition) is 3. The van der Waals surface area contributed by atoms with Gasteiger partial charge >= 0.3 is 0 Å². The summed E-state index contributed by atoms with van der Waals surface area (Å²) in [5, 5.41) is 3.47. The normalized spacial score (nSPS) is 22.3. The molecular weight excluding hydrogens is 262 g/mol. The van der Waals surface area contributed by atoms with Gasteiger partial charge in [-0.15, -0.1) is 0 Å². The highest BCUT2D eigenvalue weighted by atomic mass is 16.1. The second-order valence-corrected chi connectivity index (χ2v) is 6.59. The molecule has 0 aromatic heterocycles. The summed E-state index contributed by atoms with van der Waals surface area (Å²) in [5.74, 6) is -0.354. The second-order valence-electron chi connectivity index (χ2n) is 6.59. The van der Waals surface area contributed by atoms with E-state index in [1.54, 1.807) is 0 Å². The Hall–Kier alpha value is -1.39. The molecule has 2 aliphatic heterocycles. The van der Waals surface area contributed by atoms with Gasteiger partial charge in [0.05, 0.1) is 0 Å². The lowest BCUT2D eigenvalue weighted by molar-refractivity contribution is 0.0701. The first-order chi connectivity index (χ1) is 10.2. The topological polar surface area (TPSA) is 58.4 Å². The van der Waals surface area contributed by atoms with E-state index in [4.69, 9.17) is 5.73 Å². The van der Waals surface area contributed by atoms with Crippen molar-refractivity contribution in [2.75, 3.05) is 26.2 Å². The molecule has 0 unspecified atom stereocenters. The molecule has 1 aromatic rings. The Morgan fingerprint density at radius 1 is 1.10 bits per heavy atom. The number of hydrogen-bond donors (Lipinski definition) is 2. The van der Waals surface area contributed by atoms with Crippen LogP contribution in [0.1, 0.15) is 41.6 Å². The van der Waals surface area contributed by atoms with Crippen molar-refractivity contribution in [1.29, 1.82) is 0 Å². The van der Waals surface area contributed by atoms with Crippen LogP contribution in [0.25, 0.3) is 0 Å². The summed E-state index contributed by atoms with van der Waals surface area (Å²) in [4.78, 5) is 13.6. The molecule has 1 amide bonds. The molecule has 4 nitrogen and oxygen atoms in total. The van der Waals surface area contributed by atoms with Crippen LogP contribution < -0.4 is 11.1 Å².